The summed E-state index contributed by atoms with van der Waals surface area (Å²) in [4.78, 5) is 30.0. The van der Waals surface area contributed by atoms with Crippen LogP contribution in [0.25, 0.3) is 11.3 Å². The number of aromatic nitrogens is 1. The van der Waals surface area contributed by atoms with Crippen LogP contribution < -0.4 is 4.74 Å². The van der Waals surface area contributed by atoms with Gasteiger partial charge in [0.15, 0.2) is 0 Å². The molecule has 1 amide bonds. The molecular formula is C21H18N2O7S. The number of benzene rings is 1. The number of likely N-dealkylation sites (tertiary alicyclic amines) is 1. The molecule has 1 atom stereocenters. The summed E-state index contributed by atoms with van der Waals surface area (Å²) in [5.41, 5.74) is -0.243. The van der Waals surface area contributed by atoms with Crippen molar-refractivity contribution in [3.05, 3.63) is 33.6 Å². The smallest absolute Gasteiger partial charge is 0.365 e. The number of carbonyl (C=O) groups is 2. The van der Waals surface area contributed by atoms with E-state index in [9.17, 15) is 19.8 Å². The van der Waals surface area contributed by atoms with Crippen LogP contribution in [0.4, 0.5) is 0 Å². The largest absolute Gasteiger partial charge is 0.487 e. The number of fused-ring (bicyclic) bond motifs is 4. The minimum absolute atomic E-state index is 0.0554. The van der Waals surface area contributed by atoms with Crippen LogP contribution in [0.3, 0.4) is 0 Å². The zero-order chi connectivity index (χ0) is 21.8. The van der Waals surface area contributed by atoms with E-state index in [0.717, 1.165) is 11.3 Å². The normalized spacial score (nSPS) is 23.5. The Morgan fingerprint density at radius 3 is 2.77 bits per heavy atom. The molecule has 3 aliphatic rings. The van der Waals surface area contributed by atoms with Crippen molar-refractivity contribution in [3.63, 3.8) is 0 Å². The van der Waals surface area contributed by atoms with Gasteiger partial charge in [0.05, 0.1) is 23.8 Å². The van der Waals surface area contributed by atoms with Crippen molar-refractivity contribution in [1.82, 2.24) is 9.88 Å². The molecule has 1 unspecified atom stereocenters. The fraction of sp³-hybridized carbons (Fsp3) is 0.381. The lowest BCUT2D eigenvalue weighted by atomic mass is 10.0. The molecule has 2 aromatic rings. The van der Waals surface area contributed by atoms with Crippen LogP contribution >= 0.6 is 11.3 Å². The summed E-state index contributed by atoms with van der Waals surface area (Å²) in [6, 6.07) is 5.10. The number of hydrogen-bond donors (Lipinski definition) is 2. The zero-order valence-electron chi connectivity index (χ0n) is 16.5. The molecule has 4 heterocycles. The second-order valence-electron chi connectivity index (χ2n) is 7.54. The highest BCUT2D eigenvalue weighted by atomic mass is 32.1. The number of carboxylic acids is 1. The lowest BCUT2D eigenvalue weighted by Gasteiger charge is -2.24. The molecule has 31 heavy (non-hydrogen) atoms. The van der Waals surface area contributed by atoms with Gasteiger partial charge in [-0.3, -0.25) is 4.79 Å². The minimum atomic E-state index is -1.71. The molecule has 9 nitrogen and oxygen atoms in total. The van der Waals surface area contributed by atoms with Gasteiger partial charge in [0.1, 0.15) is 12.4 Å². The van der Waals surface area contributed by atoms with Gasteiger partial charge < -0.3 is 29.3 Å². The number of aliphatic hydroxyl groups is 1. The second-order valence-corrected chi connectivity index (χ2v) is 8.54. The monoisotopic (exact) mass is 442 g/mol. The summed E-state index contributed by atoms with van der Waals surface area (Å²) in [5, 5.41) is 19.9. The molecule has 2 saturated heterocycles. The summed E-state index contributed by atoms with van der Waals surface area (Å²) in [7, 11) is 1.62. The summed E-state index contributed by atoms with van der Waals surface area (Å²) in [6.45, 7) is 1.21. The first-order chi connectivity index (χ1) is 14.8. The molecule has 1 aromatic carbocycles. The van der Waals surface area contributed by atoms with Crippen molar-refractivity contribution in [3.8, 4) is 28.8 Å². The van der Waals surface area contributed by atoms with Crippen molar-refractivity contribution in [1.29, 1.82) is 0 Å². The average Bonchev–Trinajstić information content (AvgIpc) is 3.45. The zero-order valence-corrected chi connectivity index (χ0v) is 17.3. The van der Waals surface area contributed by atoms with Crippen molar-refractivity contribution < 1.29 is 34.0 Å². The number of rotatable bonds is 1. The van der Waals surface area contributed by atoms with Crippen molar-refractivity contribution in [2.45, 2.75) is 17.8 Å². The predicted octanol–water partition coefficient (Wildman–Crippen LogP) is 1.04. The molecule has 0 bridgehead atoms. The highest BCUT2D eigenvalue weighted by molar-refractivity contribution is 7.14. The molecule has 5 rings (SSSR count). The van der Waals surface area contributed by atoms with Gasteiger partial charge in [-0.05, 0) is 18.2 Å². The van der Waals surface area contributed by atoms with E-state index in [1.807, 2.05) is 0 Å². The standard InChI is InChI=1S/C21H18N2O7S/c1-23-7-6-20(27,19(23)26)5-4-12-2-3-14-13(10-12)15-16(31-17(22-15)18(24)25)21(11-28-14)29-8-9-30-21/h2-3,10,27H,6-9,11H2,1H3,(H,24,25). The molecule has 2 N–H and O–H groups in total. The summed E-state index contributed by atoms with van der Waals surface area (Å²) < 4.78 is 17.6. The number of amides is 1. The predicted molar refractivity (Wildman–Crippen MR) is 108 cm³/mol. The molecule has 0 saturated carbocycles. The first-order valence-electron chi connectivity index (χ1n) is 9.62. The van der Waals surface area contributed by atoms with Gasteiger partial charge in [0, 0.05) is 31.1 Å². The van der Waals surface area contributed by atoms with E-state index in [0.29, 0.717) is 47.2 Å². The lowest BCUT2D eigenvalue weighted by Crippen LogP contribution is -2.37. The maximum absolute atomic E-state index is 12.2. The average molecular weight is 442 g/mol. The van der Waals surface area contributed by atoms with Crippen molar-refractivity contribution >= 4 is 23.2 Å². The maximum atomic E-state index is 12.2. The number of ether oxygens (including phenoxy) is 3. The summed E-state index contributed by atoms with van der Waals surface area (Å²) in [5.74, 6) is 3.26. The fourth-order valence-corrected chi connectivity index (χ4v) is 4.83. The van der Waals surface area contributed by atoms with Gasteiger partial charge in [-0.2, -0.15) is 0 Å². The number of carboxylic acid groups (broad SMARTS) is 1. The number of thiazole rings is 1. The van der Waals surface area contributed by atoms with Gasteiger partial charge in [-0.1, -0.05) is 11.8 Å². The third-order valence-corrected chi connectivity index (χ3v) is 6.65. The fourth-order valence-electron chi connectivity index (χ4n) is 3.82. The summed E-state index contributed by atoms with van der Waals surface area (Å²) in [6.07, 6.45) is 0.235. The molecule has 1 aromatic heterocycles. The molecule has 2 fully saturated rings. The molecule has 1 spiro atoms. The van der Waals surface area contributed by atoms with Crippen molar-refractivity contribution in [2.75, 3.05) is 33.4 Å². The Morgan fingerprint density at radius 1 is 1.32 bits per heavy atom. The van der Waals surface area contributed by atoms with Gasteiger partial charge in [-0.25, -0.2) is 9.78 Å². The Hall–Kier alpha value is -2.97. The maximum Gasteiger partial charge on any atom is 0.365 e. The third-order valence-electron chi connectivity index (χ3n) is 5.49. The van der Waals surface area contributed by atoms with Gasteiger partial charge in [-0.15, -0.1) is 11.3 Å². The van der Waals surface area contributed by atoms with Crippen LogP contribution in [0, 0.1) is 11.8 Å². The first kappa shape index (κ1) is 20.0. The van der Waals surface area contributed by atoms with Crippen LogP contribution in [-0.2, 0) is 20.1 Å². The topological polar surface area (TPSA) is 118 Å². The Kier molecular flexibility index (Phi) is 4.53. The number of hydrogen-bond acceptors (Lipinski definition) is 8. The number of aromatic carboxylic acids is 1. The van der Waals surface area contributed by atoms with E-state index in [-0.39, 0.29) is 18.0 Å². The molecule has 3 aliphatic heterocycles. The van der Waals surface area contributed by atoms with Crippen LogP contribution in [0.2, 0.25) is 0 Å². The molecule has 10 heteroatoms. The Morgan fingerprint density at radius 2 is 2.10 bits per heavy atom. The number of likely N-dealkylation sites (N-methyl/N-ethyl adjacent to an activating group) is 1. The van der Waals surface area contributed by atoms with Crippen LogP contribution in [0.1, 0.15) is 26.7 Å². The molecule has 160 valence electrons. The van der Waals surface area contributed by atoms with Crippen molar-refractivity contribution in [2.24, 2.45) is 0 Å². The summed E-state index contributed by atoms with van der Waals surface area (Å²) >= 11 is 0.989. The number of carbonyl (C=O) groups excluding carboxylic acids is 1. The van der Waals surface area contributed by atoms with E-state index in [4.69, 9.17) is 14.2 Å². The highest BCUT2D eigenvalue weighted by Gasteiger charge is 2.47. The van der Waals surface area contributed by atoms with Crippen LogP contribution in [-0.4, -0.2) is 71.0 Å². The first-order valence-corrected chi connectivity index (χ1v) is 10.4. The Labute approximate surface area is 181 Å². The minimum Gasteiger partial charge on any atom is -0.487 e. The highest BCUT2D eigenvalue weighted by Crippen LogP contribution is 2.47. The molecular weight excluding hydrogens is 424 g/mol. The second kappa shape index (κ2) is 7.03. The Balaban J connectivity index is 1.59. The van der Waals surface area contributed by atoms with Gasteiger partial charge in [0.2, 0.25) is 16.4 Å². The SMILES string of the molecule is CN1CCC(O)(C#Cc2ccc3c(c2)-c2nc(C(=O)O)sc2C2(CO3)OCCO2)C1=O. The van der Waals surface area contributed by atoms with Crippen LogP contribution in [0.5, 0.6) is 5.75 Å². The Bertz CT molecular complexity index is 1160. The molecule has 0 radical (unpaired) electrons. The van der Waals surface area contributed by atoms with E-state index in [1.165, 1.54) is 4.90 Å². The molecule has 0 aliphatic carbocycles. The third kappa shape index (κ3) is 3.18. The van der Waals surface area contributed by atoms with E-state index < -0.39 is 23.3 Å². The van der Waals surface area contributed by atoms with E-state index in [2.05, 4.69) is 16.8 Å². The van der Waals surface area contributed by atoms with E-state index >= 15 is 0 Å². The van der Waals surface area contributed by atoms with Gasteiger partial charge in [0.25, 0.3) is 5.91 Å². The lowest BCUT2D eigenvalue weighted by molar-refractivity contribution is -0.182. The number of nitrogens with zero attached hydrogens (tertiary/aromatic N) is 2. The van der Waals surface area contributed by atoms with Crippen LogP contribution in [0.15, 0.2) is 18.2 Å². The van der Waals surface area contributed by atoms with E-state index in [1.54, 1.807) is 25.2 Å². The van der Waals surface area contributed by atoms with Gasteiger partial charge >= 0.3 is 5.97 Å². The quantitative estimate of drug-likeness (QED) is 0.629.